The molecule has 0 aliphatic carbocycles. The molecule has 0 aromatic heterocycles. The second-order valence-corrected chi connectivity index (χ2v) is 12.3. The van der Waals surface area contributed by atoms with Crippen LogP contribution in [-0.2, 0) is 79.9 Å². The fourth-order valence-corrected chi connectivity index (χ4v) is 4.35. The van der Waals surface area contributed by atoms with Crippen LogP contribution in [0.5, 0.6) is 0 Å². The molecule has 2 aliphatic rings. The van der Waals surface area contributed by atoms with Gasteiger partial charge in [0.1, 0.15) is 20.0 Å². The quantitative estimate of drug-likeness (QED) is 0.272. The third-order valence-corrected chi connectivity index (χ3v) is 5.83. The molecule has 2 aromatic rings. The molecule has 192 valence electrons. The Hall–Kier alpha value is -1.58. The van der Waals surface area contributed by atoms with Crippen LogP contribution < -0.4 is 0 Å². The Balaban J connectivity index is -0.000000424. The molecular weight excluding hydrogens is 645 g/mol. The van der Waals surface area contributed by atoms with Crippen LogP contribution in [0.25, 0.3) is 9.44 Å². The van der Waals surface area contributed by atoms with Gasteiger partial charge in [-0.3, -0.25) is 8.42 Å². The molecule has 0 saturated heterocycles. The van der Waals surface area contributed by atoms with Crippen molar-refractivity contribution in [2.45, 2.75) is 9.79 Å². The number of sulfonamides is 2. The molecule has 2 aliphatic heterocycles. The van der Waals surface area contributed by atoms with Crippen LogP contribution >= 0.6 is 0 Å². The topological polar surface area (TPSA) is 231 Å². The van der Waals surface area contributed by atoms with E-state index in [9.17, 15) is 34.8 Å². The van der Waals surface area contributed by atoms with E-state index in [1.54, 1.807) is 49.3 Å². The molecular formula is C18H26CdN2O10S4+2. The Morgan fingerprint density at radius 3 is 1.06 bits per heavy atom. The SMILES string of the molecule is CS(C)=O.CS(C)=O.O=C1[N-]S(=O)(=O)c2ccccc21.O=C1[N-]S(=O)(=O)c2ccccc21.[Cd+2].[OH3+].[OH3+]. The second-order valence-electron chi connectivity index (χ2n) is 6.22. The van der Waals surface area contributed by atoms with Crippen LogP contribution in [0, 0.1) is 0 Å². The van der Waals surface area contributed by atoms with E-state index in [1.165, 1.54) is 24.3 Å². The van der Waals surface area contributed by atoms with E-state index in [0.717, 1.165) is 0 Å². The van der Waals surface area contributed by atoms with Crippen molar-refractivity contribution < 1.29 is 73.1 Å². The van der Waals surface area contributed by atoms with Crippen molar-refractivity contribution in [1.82, 2.24) is 0 Å². The van der Waals surface area contributed by atoms with Crippen LogP contribution in [0.1, 0.15) is 20.7 Å². The van der Waals surface area contributed by atoms with Crippen molar-refractivity contribution in [3.8, 4) is 0 Å². The van der Waals surface area contributed by atoms with Gasteiger partial charge in [-0.05, 0) is 12.1 Å². The summed E-state index contributed by atoms with van der Waals surface area (Å²) in [5, 5.41) is 0. The molecule has 2 heterocycles. The molecule has 12 nitrogen and oxygen atoms in total. The Morgan fingerprint density at radius 1 is 0.600 bits per heavy atom. The summed E-state index contributed by atoms with van der Waals surface area (Å²) in [4.78, 5) is 21.9. The zero-order valence-corrected chi connectivity index (χ0v) is 26.6. The average molecular weight is 671 g/mol. The molecule has 35 heavy (non-hydrogen) atoms. The van der Waals surface area contributed by atoms with E-state index < -0.39 is 53.5 Å². The number of hydrogen-bond acceptors (Lipinski definition) is 8. The van der Waals surface area contributed by atoms with Crippen molar-refractivity contribution in [3.05, 3.63) is 69.1 Å². The number of benzene rings is 2. The fraction of sp³-hybridized carbons (Fsp3) is 0.222. The van der Waals surface area contributed by atoms with Gasteiger partial charge in [0.15, 0.2) is 0 Å². The van der Waals surface area contributed by atoms with Gasteiger partial charge in [0.05, 0.1) is 21.6 Å². The molecule has 0 atom stereocenters. The fourth-order valence-electron chi connectivity index (χ4n) is 2.15. The standard InChI is InChI=1S/2C7H5NO3S.2C2H6OS.Cd.2H2O/c2*9-7-5-3-1-2-4-6(5)12(10,11)8-7;2*1-4(2)3;;;/h2*1-4H,(H,8,9);2*1-2H3;;2*1H2/q;;;;+2;;. The normalized spacial score (nSPS) is 14.7. The van der Waals surface area contributed by atoms with E-state index in [2.05, 4.69) is 9.44 Å². The van der Waals surface area contributed by atoms with Crippen molar-refractivity contribution in [2.75, 3.05) is 25.0 Å². The van der Waals surface area contributed by atoms with Crippen molar-refractivity contribution in [2.24, 2.45) is 0 Å². The molecule has 0 saturated carbocycles. The summed E-state index contributed by atoms with van der Waals surface area (Å²) in [7, 11) is -8.58. The zero-order valence-electron chi connectivity index (χ0n) is 19.3. The molecule has 0 bridgehead atoms. The largest absolute Gasteiger partial charge is 2.00 e. The van der Waals surface area contributed by atoms with Crippen LogP contribution in [0.3, 0.4) is 0 Å². The first-order valence-corrected chi connectivity index (χ1v) is 15.2. The Morgan fingerprint density at radius 2 is 0.829 bits per heavy atom. The van der Waals surface area contributed by atoms with E-state index in [4.69, 9.17) is 0 Å². The van der Waals surface area contributed by atoms with Crippen molar-refractivity contribution in [1.29, 1.82) is 0 Å². The first-order chi connectivity index (χ1) is 14.7. The van der Waals surface area contributed by atoms with Gasteiger partial charge < -0.3 is 30.0 Å². The molecule has 2 aromatic carbocycles. The van der Waals surface area contributed by atoms with E-state index in [-0.39, 0.29) is 59.2 Å². The van der Waals surface area contributed by atoms with Gasteiger partial charge in [0, 0.05) is 57.7 Å². The molecule has 4 rings (SSSR count). The maximum absolute atomic E-state index is 11.1. The number of fused-ring (bicyclic) bond motifs is 2. The third-order valence-electron chi connectivity index (χ3n) is 3.20. The number of amides is 2. The molecule has 0 fully saturated rings. The number of rotatable bonds is 0. The number of nitrogens with zero attached hydrogens (tertiary/aromatic N) is 2. The first kappa shape index (κ1) is 38.0. The number of carbonyl (C=O) groups is 2. The molecule has 0 radical (unpaired) electrons. The predicted octanol–water partition coefficient (Wildman–Crippen LogP) is -0.0513. The van der Waals surface area contributed by atoms with Gasteiger partial charge in [-0.1, -0.05) is 36.4 Å². The summed E-state index contributed by atoms with van der Waals surface area (Å²) >= 11 is 0. The molecule has 0 unspecified atom stereocenters. The Bertz CT molecular complexity index is 1170. The van der Waals surface area contributed by atoms with E-state index in [0.29, 0.717) is 0 Å². The van der Waals surface area contributed by atoms with Gasteiger partial charge in [-0.25, -0.2) is 16.8 Å². The summed E-state index contributed by atoms with van der Waals surface area (Å²) in [6.07, 6.45) is 6.56. The zero-order chi connectivity index (χ0) is 24.7. The Labute approximate surface area is 229 Å². The summed E-state index contributed by atoms with van der Waals surface area (Å²) in [6.45, 7) is 0. The molecule has 0 spiro atoms. The monoisotopic (exact) mass is 672 g/mol. The van der Waals surface area contributed by atoms with Crippen LogP contribution in [0.4, 0.5) is 0 Å². The van der Waals surface area contributed by atoms with Gasteiger partial charge in [0.2, 0.25) is 0 Å². The minimum Gasteiger partial charge on any atom is -0.537 e. The van der Waals surface area contributed by atoms with Gasteiger partial charge in [0.25, 0.3) is 0 Å². The van der Waals surface area contributed by atoms with Gasteiger partial charge >= 0.3 is 27.3 Å². The minimum absolute atomic E-state index is 0. The Kier molecular flexibility index (Phi) is 17.6. The first-order valence-electron chi connectivity index (χ1n) is 8.42. The second kappa shape index (κ2) is 16.2. The van der Waals surface area contributed by atoms with Gasteiger partial charge in [-0.2, -0.15) is 0 Å². The summed E-state index contributed by atoms with van der Waals surface area (Å²) in [5.74, 6) is -1.35. The van der Waals surface area contributed by atoms with Crippen LogP contribution in [0.2, 0.25) is 0 Å². The third kappa shape index (κ3) is 11.8. The molecule has 17 heteroatoms. The van der Waals surface area contributed by atoms with Gasteiger partial charge in [-0.15, -0.1) is 0 Å². The van der Waals surface area contributed by atoms with Crippen LogP contribution in [-0.4, -0.2) is 62.1 Å². The smallest absolute Gasteiger partial charge is 0.537 e. The van der Waals surface area contributed by atoms with Crippen molar-refractivity contribution in [3.63, 3.8) is 0 Å². The van der Waals surface area contributed by atoms with E-state index in [1.807, 2.05) is 0 Å². The van der Waals surface area contributed by atoms with Crippen LogP contribution in [0.15, 0.2) is 58.3 Å². The summed E-state index contributed by atoms with van der Waals surface area (Å²) in [6, 6.07) is 12.0. The minimum atomic E-state index is -3.68. The molecule has 6 N–H and O–H groups in total. The van der Waals surface area contributed by atoms with Crippen molar-refractivity contribution >= 4 is 53.5 Å². The van der Waals surface area contributed by atoms with E-state index >= 15 is 0 Å². The number of carbonyl (C=O) groups excluding carboxylic acids is 2. The number of hydrogen-bond donors (Lipinski definition) is 0. The summed E-state index contributed by atoms with van der Waals surface area (Å²) < 4.78 is 69.5. The summed E-state index contributed by atoms with van der Waals surface area (Å²) in [5.41, 5.74) is 0.329. The maximum Gasteiger partial charge on any atom is 2.00 e. The predicted molar refractivity (Wildman–Crippen MR) is 132 cm³/mol. The average Bonchev–Trinajstić information content (AvgIpc) is 3.04. The maximum atomic E-state index is 11.1. The molecule has 2 amide bonds.